The molecule has 21 heavy (non-hydrogen) atoms. The highest BCUT2D eigenvalue weighted by molar-refractivity contribution is 5.97. The summed E-state index contributed by atoms with van der Waals surface area (Å²) in [7, 11) is 0. The van der Waals surface area contributed by atoms with Crippen LogP contribution in [0.3, 0.4) is 0 Å². The maximum Gasteiger partial charge on any atom is 0.335 e. The Kier molecular flexibility index (Phi) is 5.33. The number of rotatable bonds is 6. The highest BCUT2D eigenvalue weighted by Gasteiger charge is 2.15. The van der Waals surface area contributed by atoms with Crippen LogP contribution in [0.4, 0.5) is 0 Å². The van der Waals surface area contributed by atoms with Crippen molar-refractivity contribution in [3.05, 3.63) is 34.9 Å². The fraction of sp³-hybridized carbons (Fsp3) is 0.500. The first kappa shape index (κ1) is 15.5. The average molecular weight is 291 g/mol. The first-order valence-corrected chi connectivity index (χ1v) is 7.31. The van der Waals surface area contributed by atoms with Crippen molar-refractivity contribution in [2.75, 3.05) is 13.2 Å². The van der Waals surface area contributed by atoms with Gasteiger partial charge in [-0.1, -0.05) is 12.8 Å². The highest BCUT2D eigenvalue weighted by Crippen LogP contribution is 2.20. The minimum atomic E-state index is -1.03. The van der Waals surface area contributed by atoms with Gasteiger partial charge in [0.25, 0.3) is 5.91 Å². The Hall–Kier alpha value is -1.88. The molecule has 1 aromatic carbocycles. The van der Waals surface area contributed by atoms with Crippen molar-refractivity contribution in [3.63, 3.8) is 0 Å². The van der Waals surface area contributed by atoms with Crippen LogP contribution in [0.2, 0.25) is 0 Å². The summed E-state index contributed by atoms with van der Waals surface area (Å²) in [5.74, 6) is -1.30. The summed E-state index contributed by atoms with van der Waals surface area (Å²) in [4.78, 5) is 23.0. The van der Waals surface area contributed by atoms with E-state index in [1.807, 2.05) is 0 Å². The van der Waals surface area contributed by atoms with Gasteiger partial charge in [-0.05, 0) is 43.5 Å². The molecule has 5 nitrogen and oxygen atoms in total. The zero-order valence-corrected chi connectivity index (χ0v) is 12.2. The molecule has 2 rings (SSSR count). The van der Waals surface area contributed by atoms with Crippen LogP contribution < -0.4 is 5.32 Å². The van der Waals surface area contributed by atoms with E-state index in [4.69, 9.17) is 9.84 Å². The van der Waals surface area contributed by atoms with Crippen molar-refractivity contribution in [2.24, 2.45) is 0 Å². The smallest absolute Gasteiger partial charge is 0.335 e. The average Bonchev–Trinajstić information content (AvgIpc) is 2.95. The lowest BCUT2D eigenvalue weighted by Crippen LogP contribution is -2.28. The molecule has 0 radical (unpaired) electrons. The molecule has 0 bridgehead atoms. The van der Waals surface area contributed by atoms with E-state index >= 15 is 0 Å². The second-order valence-corrected chi connectivity index (χ2v) is 5.43. The van der Waals surface area contributed by atoms with Crippen LogP contribution in [0.15, 0.2) is 18.2 Å². The van der Waals surface area contributed by atoms with Crippen molar-refractivity contribution in [3.8, 4) is 0 Å². The molecule has 1 fully saturated rings. The van der Waals surface area contributed by atoms with Gasteiger partial charge >= 0.3 is 5.97 Å². The summed E-state index contributed by atoms with van der Waals surface area (Å²) >= 11 is 0. The Morgan fingerprint density at radius 3 is 2.57 bits per heavy atom. The lowest BCUT2D eigenvalue weighted by atomic mass is 10.1. The normalized spacial score (nSPS) is 15.1. The van der Waals surface area contributed by atoms with Crippen LogP contribution in [-0.4, -0.2) is 36.2 Å². The van der Waals surface area contributed by atoms with E-state index in [9.17, 15) is 9.59 Å². The highest BCUT2D eigenvalue weighted by atomic mass is 16.5. The van der Waals surface area contributed by atoms with E-state index < -0.39 is 5.97 Å². The number of carboxylic acid groups (broad SMARTS) is 1. The molecule has 0 atom stereocenters. The molecule has 0 aromatic heterocycles. The number of aromatic carboxylic acids is 1. The lowest BCUT2D eigenvalue weighted by Gasteiger charge is -2.12. The minimum absolute atomic E-state index is 0.127. The first-order valence-electron chi connectivity index (χ1n) is 7.31. The summed E-state index contributed by atoms with van der Waals surface area (Å²) in [5.41, 5.74) is 1.25. The molecule has 1 aliphatic rings. The number of aryl methyl sites for hydroxylation is 1. The molecule has 2 N–H and O–H groups in total. The number of nitrogens with one attached hydrogen (secondary N) is 1. The monoisotopic (exact) mass is 291 g/mol. The Balaban J connectivity index is 1.83. The van der Waals surface area contributed by atoms with Gasteiger partial charge in [-0.3, -0.25) is 4.79 Å². The van der Waals surface area contributed by atoms with E-state index in [2.05, 4.69) is 5.32 Å². The van der Waals surface area contributed by atoms with E-state index in [1.165, 1.54) is 18.9 Å². The molecule has 114 valence electrons. The predicted molar refractivity (Wildman–Crippen MR) is 78.7 cm³/mol. The summed E-state index contributed by atoms with van der Waals surface area (Å²) in [6.07, 6.45) is 4.98. The molecule has 0 spiro atoms. The van der Waals surface area contributed by atoms with Gasteiger partial charge in [0.1, 0.15) is 0 Å². The van der Waals surface area contributed by atoms with Gasteiger partial charge in [0.05, 0.1) is 18.3 Å². The van der Waals surface area contributed by atoms with Crippen LogP contribution in [0.5, 0.6) is 0 Å². The fourth-order valence-electron chi connectivity index (χ4n) is 2.58. The Morgan fingerprint density at radius 2 is 1.90 bits per heavy atom. The van der Waals surface area contributed by atoms with Crippen molar-refractivity contribution < 1.29 is 19.4 Å². The number of ether oxygens (including phenoxy) is 1. The van der Waals surface area contributed by atoms with Crippen LogP contribution in [0.1, 0.15) is 52.0 Å². The van der Waals surface area contributed by atoms with Crippen LogP contribution >= 0.6 is 0 Å². The maximum absolute atomic E-state index is 12.0. The largest absolute Gasteiger partial charge is 0.478 e. The third-order valence-corrected chi connectivity index (χ3v) is 3.63. The van der Waals surface area contributed by atoms with E-state index in [0.29, 0.717) is 24.8 Å². The molecule has 1 amide bonds. The van der Waals surface area contributed by atoms with Crippen LogP contribution in [-0.2, 0) is 4.74 Å². The molecule has 5 heteroatoms. The van der Waals surface area contributed by atoms with Gasteiger partial charge in [0.2, 0.25) is 0 Å². The summed E-state index contributed by atoms with van der Waals surface area (Å²) < 4.78 is 5.67. The minimum Gasteiger partial charge on any atom is -0.478 e. The molecular formula is C16H21NO4. The second kappa shape index (κ2) is 7.22. The van der Waals surface area contributed by atoms with Gasteiger partial charge in [0.15, 0.2) is 0 Å². The molecule has 1 aromatic rings. The summed E-state index contributed by atoms with van der Waals surface area (Å²) in [6, 6.07) is 4.62. The molecular weight excluding hydrogens is 270 g/mol. The third-order valence-electron chi connectivity index (χ3n) is 3.63. The predicted octanol–water partition coefficient (Wildman–Crippen LogP) is 2.38. The van der Waals surface area contributed by atoms with Crippen LogP contribution in [0.25, 0.3) is 0 Å². The van der Waals surface area contributed by atoms with E-state index in [0.717, 1.165) is 18.4 Å². The fourth-order valence-corrected chi connectivity index (χ4v) is 2.58. The summed E-state index contributed by atoms with van der Waals surface area (Å²) in [6.45, 7) is 2.70. The Bertz CT molecular complexity index is 521. The number of benzene rings is 1. The Labute approximate surface area is 124 Å². The van der Waals surface area contributed by atoms with Gasteiger partial charge in [-0.15, -0.1) is 0 Å². The van der Waals surface area contributed by atoms with Gasteiger partial charge in [0, 0.05) is 12.1 Å². The van der Waals surface area contributed by atoms with Crippen molar-refractivity contribution >= 4 is 11.9 Å². The quantitative estimate of drug-likeness (QED) is 0.789. The summed E-state index contributed by atoms with van der Waals surface area (Å²) in [5, 5.41) is 11.8. The topological polar surface area (TPSA) is 75.6 Å². The number of hydrogen-bond acceptors (Lipinski definition) is 3. The molecule has 1 saturated carbocycles. The standard InChI is InChI=1S/C16H21NO4/c1-11-8-12(10-13(9-11)16(19)20)15(18)17-6-7-21-14-4-2-3-5-14/h8-10,14H,2-7H2,1H3,(H,17,18)(H,19,20). The Morgan fingerprint density at radius 1 is 1.24 bits per heavy atom. The van der Waals surface area contributed by atoms with Gasteiger partial charge in [-0.25, -0.2) is 4.79 Å². The van der Waals surface area contributed by atoms with Gasteiger partial charge in [-0.2, -0.15) is 0 Å². The number of carboxylic acids is 1. The van der Waals surface area contributed by atoms with E-state index in [-0.39, 0.29) is 11.5 Å². The van der Waals surface area contributed by atoms with Crippen molar-refractivity contribution in [1.82, 2.24) is 5.32 Å². The molecule has 0 saturated heterocycles. The number of carbonyl (C=O) groups is 2. The lowest BCUT2D eigenvalue weighted by molar-refractivity contribution is 0.0581. The molecule has 0 heterocycles. The zero-order chi connectivity index (χ0) is 15.2. The molecule has 0 unspecified atom stereocenters. The maximum atomic E-state index is 12.0. The SMILES string of the molecule is Cc1cc(C(=O)O)cc(C(=O)NCCOC2CCCC2)c1. The molecule has 0 aliphatic heterocycles. The van der Waals surface area contributed by atoms with Gasteiger partial charge < -0.3 is 15.2 Å². The number of hydrogen-bond donors (Lipinski definition) is 2. The molecule has 1 aliphatic carbocycles. The van der Waals surface area contributed by atoms with Crippen molar-refractivity contribution in [2.45, 2.75) is 38.7 Å². The van der Waals surface area contributed by atoms with Crippen molar-refractivity contribution in [1.29, 1.82) is 0 Å². The number of carbonyl (C=O) groups excluding carboxylic acids is 1. The van der Waals surface area contributed by atoms with Crippen LogP contribution in [0, 0.1) is 6.92 Å². The number of amides is 1. The third kappa shape index (κ3) is 4.56. The first-order chi connectivity index (χ1) is 10.1. The van der Waals surface area contributed by atoms with E-state index in [1.54, 1.807) is 19.1 Å². The second-order valence-electron chi connectivity index (χ2n) is 5.43. The zero-order valence-electron chi connectivity index (χ0n) is 12.2.